The van der Waals surface area contributed by atoms with Crippen molar-refractivity contribution in [3.8, 4) is 0 Å². The van der Waals surface area contributed by atoms with Crippen molar-refractivity contribution in [1.82, 2.24) is 5.32 Å². The normalized spacial score (nSPS) is 11.8. The van der Waals surface area contributed by atoms with Crippen LogP contribution < -0.4 is 11.1 Å². The number of nitrogens with zero attached hydrogens (tertiary/aromatic N) is 1. The van der Waals surface area contributed by atoms with Crippen molar-refractivity contribution < 1.29 is 14.5 Å². The van der Waals surface area contributed by atoms with Crippen molar-refractivity contribution in [3.05, 3.63) is 81.9 Å². The Labute approximate surface area is 137 Å². The molecule has 0 saturated carbocycles. The first kappa shape index (κ1) is 16.9. The molecule has 0 fully saturated rings. The smallest absolute Gasteiger partial charge is 0.276 e. The Morgan fingerprint density at radius 3 is 2.33 bits per heavy atom. The molecule has 2 aromatic rings. The number of carbonyl (C=O) groups is 2. The third-order valence-corrected chi connectivity index (χ3v) is 3.25. The van der Waals surface area contributed by atoms with Crippen molar-refractivity contribution in [2.75, 3.05) is 0 Å². The Morgan fingerprint density at radius 2 is 1.71 bits per heavy atom. The summed E-state index contributed by atoms with van der Waals surface area (Å²) in [5, 5.41) is 13.4. The highest BCUT2D eigenvalue weighted by Crippen LogP contribution is 2.19. The first-order valence-corrected chi connectivity index (χ1v) is 7.05. The summed E-state index contributed by atoms with van der Waals surface area (Å²) in [6.07, 6.45) is 2.44. The zero-order valence-corrected chi connectivity index (χ0v) is 12.6. The van der Waals surface area contributed by atoms with Crippen molar-refractivity contribution in [3.63, 3.8) is 0 Å². The zero-order chi connectivity index (χ0) is 17.5. The van der Waals surface area contributed by atoms with Gasteiger partial charge in [0, 0.05) is 12.1 Å². The molecule has 2 rings (SSSR count). The number of para-hydroxylation sites is 1. The van der Waals surface area contributed by atoms with Gasteiger partial charge in [-0.25, -0.2) is 0 Å². The van der Waals surface area contributed by atoms with Gasteiger partial charge in [-0.05, 0) is 17.7 Å². The van der Waals surface area contributed by atoms with Gasteiger partial charge in [0.1, 0.15) is 6.04 Å². The molecule has 2 aromatic carbocycles. The number of nitro benzene ring substituents is 1. The third-order valence-electron chi connectivity index (χ3n) is 3.25. The van der Waals surface area contributed by atoms with Gasteiger partial charge in [0.05, 0.1) is 10.5 Å². The lowest BCUT2D eigenvalue weighted by Crippen LogP contribution is -2.36. The van der Waals surface area contributed by atoms with Crippen molar-refractivity contribution in [2.45, 2.75) is 6.04 Å². The summed E-state index contributed by atoms with van der Waals surface area (Å²) in [6, 6.07) is 13.6. The predicted molar refractivity (Wildman–Crippen MR) is 88.7 cm³/mol. The molecule has 3 N–H and O–H groups in total. The van der Waals surface area contributed by atoms with Crippen LogP contribution in [0, 0.1) is 10.1 Å². The largest absolute Gasteiger partial charge is 0.368 e. The summed E-state index contributed by atoms with van der Waals surface area (Å²) in [5.74, 6) is -1.28. The summed E-state index contributed by atoms with van der Waals surface area (Å²) >= 11 is 0. The van der Waals surface area contributed by atoms with Gasteiger partial charge in [-0.3, -0.25) is 19.7 Å². The van der Waals surface area contributed by atoms with Crippen LogP contribution in [0.25, 0.3) is 6.08 Å². The van der Waals surface area contributed by atoms with Crippen molar-refractivity contribution in [1.29, 1.82) is 0 Å². The monoisotopic (exact) mass is 325 g/mol. The van der Waals surface area contributed by atoms with Crippen LogP contribution in [-0.4, -0.2) is 16.7 Å². The molecule has 24 heavy (non-hydrogen) atoms. The van der Waals surface area contributed by atoms with Crippen LogP contribution in [0.15, 0.2) is 60.7 Å². The third kappa shape index (κ3) is 4.26. The first-order chi connectivity index (χ1) is 11.5. The Hall–Kier alpha value is -3.48. The number of nitrogens with one attached hydrogen (secondary N) is 1. The molecular formula is C17H15N3O4. The van der Waals surface area contributed by atoms with Crippen LogP contribution in [0.3, 0.4) is 0 Å². The molecule has 0 spiro atoms. The van der Waals surface area contributed by atoms with E-state index in [0.717, 1.165) is 6.08 Å². The van der Waals surface area contributed by atoms with E-state index in [1.807, 2.05) is 0 Å². The second-order valence-electron chi connectivity index (χ2n) is 4.90. The highest BCUT2D eigenvalue weighted by molar-refractivity contribution is 5.96. The molecule has 0 aromatic heterocycles. The minimum atomic E-state index is -0.978. The van der Waals surface area contributed by atoms with E-state index in [0.29, 0.717) is 5.56 Å². The highest BCUT2D eigenvalue weighted by Gasteiger charge is 2.19. The molecule has 0 radical (unpaired) electrons. The standard InChI is InChI=1S/C17H15N3O4/c18-17(22)16(13-7-2-1-3-8-13)19-15(21)11-10-12-6-4-5-9-14(12)20(23)24/h1-11,16H,(H2,18,22)(H,19,21)/b11-10+. The van der Waals surface area contributed by atoms with Gasteiger partial charge in [-0.2, -0.15) is 0 Å². The molecule has 7 nitrogen and oxygen atoms in total. The Morgan fingerprint density at radius 1 is 1.08 bits per heavy atom. The topological polar surface area (TPSA) is 115 Å². The number of nitro groups is 1. The number of hydrogen-bond acceptors (Lipinski definition) is 4. The Balaban J connectivity index is 2.15. The second-order valence-corrected chi connectivity index (χ2v) is 4.90. The zero-order valence-electron chi connectivity index (χ0n) is 12.6. The minimum Gasteiger partial charge on any atom is -0.368 e. The van der Waals surface area contributed by atoms with E-state index >= 15 is 0 Å². The van der Waals surface area contributed by atoms with Gasteiger partial charge >= 0.3 is 0 Å². The highest BCUT2D eigenvalue weighted by atomic mass is 16.6. The summed E-state index contributed by atoms with van der Waals surface area (Å²) in [4.78, 5) is 34.0. The summed E-state index contributed by atoms with van der Waals surface area (Å²) in [7, 11) is 0. The van der Waals surface area contributed by atoms with E-state index in [1.165, 1.54) is 24.3 Å². The lowest BCUT2D eigenvalue weighted by Gasteiger charge is -2.14. The molecule has 7 heteroatoms. The van der Waals surface area contributed by atoms with Crippen molar-refractivity contribution in [2.24, 2.45) is 5.73 Å². The number of amides is 2. The predicted octanol–water partition coefficient (Wildman–Crippen LogP) is 1.95. The van der Waals surface area contributed by atoms with Crippen LogP contribution >= 0.6 is 0 Å². The fraction of sp³-hybridized carbons (Fsp3) is 0.0588. The fourth-order valence-electron chi connectivity index (χ4n) is 2.11. The summed E-state index contributed by atoms with van der Waals surface area (Å²) in [6.45, 7) is 0. The molecule has 1 unspecified atom stereocenters. The maximum atomic E-state index is 12.0. The fourth-order valence-corrected chi connectivity index (χ4v) is 2.11. The molecule has 2 amide bonds. The molecule has 122 valence electrons. The van der Waals surface area contributed by atoms with E-state index < -0.39 is 22.8 Å². The minimum absolute atomic E-state index is 0.115. The number of nitrogens with two attached hydrogens (primary N) is 1. The maximum Gasteiger partial charge on any atom is 0.276 e. The summed E-state index contributed by atoms with van der Waals surface area (Å²) in [5.41, 5.74) is 6.04. The van der Waals surface area contributed by atoms with Crippen molar-refractivity contribution >= 4 is 23.6 Å². The van der Waals surface area contributed by atoms with Crippen LogP contribution in [0.1, 0.15) is 17.2 Å². The first-order valence-electron chi connectivity index (χ1n) is 7.05. The van der Waals surface area contributed by atoms with Gasteiger partial charge in [-0.1, -0.05) is 42.5 Å². The quantitative estimate of drug-likeness (QED) is 0.480. The number of rotatable bonds is 6. The van der Waals surface area contributed by atoms with Gasteiger partial charge in [0.2, 0.25) is 11.8 Å². The van der Waals surface area contributed by atoms with Gasteiger partial charge in [-0.15, -0.1) is 0 Å². The number of benzene rings is 2. The SMILES string of the molecule is NC(=O)C(NC(=O)/C=C/c1ccccc1[N+](=O)[O-])c1ccccc1. The Bertz CT molecular complexity index is 787. The molecule has 0 heterocycles. The van der Waals surface area contributed by atoms with Gasteiger partial charge in [0.25, 0.3) is 5.69 Å². The van der Waals surface area contributed by atoms with E-state index in [2.05, 4.69) is 5.32 Å². The lowest BCUT2D eigenvalue weighted by atomic mass is 10.1. The number of hydrogen-bond donors (Lipinski definition) is 2. The van der Waals surface area contributed by atoms with Gasteiger partial charge in [0.15, 0.2) is 0 Å². The van der Waals surface area contributed by atoms with E-state index in [1.54, 1.807) is 36.4 Å². The number of primary amides is 1. The number of carbonyl (C=O) groups excluding carboxylic acids is 2. The van der Waals surface area contributed by atoms with Gasteiger partial charge < -0.3 is 11.1 Å². The molecule has 0 bridgehead atoms. The molecule has 0 aliphatic heterocycles. The van der Waals surface area contributed by atoms with E-state index in [4.69, 9.17) is 5.73 Å². The molecular weight excluding hydrogens is 310 g/mol. The summed E-state index contributed by atoms with van der Waals surface area (Å²) < 4.78 is 0. The maximum absolute atomic E-state index is 12.0. The van der Waals surface area contributed by atoms with E-state index in [-0.39, 0.29) is 11.3 Å². The average molecular weight is 325 g/mol. The lowest BCUT2D eigenvalue weighted by molar-refractivity contribution is -0.385. The average Bonchev–Trinajstić information content (AvgIpc) is 2.58. The Kier molecular flexibility index (Phi) is 5.40. The molecule has 0 saturated heterocycles. The second kappa shape index (κ2) is 7.68. The van der Waals surface area contributed by atoms with E-state index in [9.17, 15) is 19.7 Å². The molecule has 0 aliphatic carbocycles. The van der Waals surface area contributed by atoms with Crippen LogP contribution in [-0.2, 0) is 9.59 Å². The van der Waals surface area contributed by atoms with Crippen LogP contribution in [0.2, 0.25) is 0 Å². The van der Waals surface area contributed by atoms with Crippen LogP contribution in [0.5, 0.6) is 0 Å². The van der Waals surface area contributed by atoms with Crippen LogP contribution in [0.4, 0.5) is 5.69 Å². The molecule has 1 atom stereocenters. The molecule has 0 aliphatic rings.